The lowest BCUT2D eigenvalue weighted by atomic mass is 9.39. The molecule has 23 nitrogen and oxygen atoms in total. The predicted molar refractivity (Wildman–Crippen MR) is 312 cm³/mol. The van der Waals surface area contributed by atoms with Crippen LogP contribution in [0.15, 0.2) is 102 Å². The summed E-state index contributed by atoms with van der Waals surface area (Å²) >= 11 is 1.41. The van der Waals surface area contributed by atoms with Crippen LogP contribution in [-0.2, 0) is 43.3 Å². The van der Waals surface area contributed by atoms with E-state index in [1.807, 2.05) is 60.1 Å². The number of aliphatic hydroxyl groups is 3. The molecular formula is C61H68N8O15S. The molecule has 12 rings (SSSR count). The summed E-state index contributed by atoms with van der Waals surface area (Å²) in [7, 11) is 1.59. The summed E-state index contributed by atoms with van der Waals surface area (Å²) in [6.45, 7) is 8.81. The number of ether oxygens (including phenoxy) is 6. The number of thiazole rings is 1. The van der Waals surface area contributed by atoms with E-state index < -0.39 is 53.0 Å². The highest BCUT2D eigenvalue weighted by atomic mass is 32.1. The van der Waals surface area contributed by atoms with Gasteiger partial charge in [-0.15, -0.1) is 0 Å². The average molecular weight is 1190 g/mol. The van der Waals surface area contributed by atoms with Gasteiger partial charge in [0.05, 0.1) is 47.5 Å². The number of fused-ring (bicyclic) bond motifs is 2. The summed E-state index contributed by atoms with van der Waals surface area (Å²) in [5.74, 6) is -7.10. The second-order valence-electron chi connectivity index (χ2n) is 23.7. The van der Waals surface area contributed by atoms with Crippen LogP contribution in [0.4, 0.5) is 20.4 Å². The minimum Gasteiger partial charge on any atom is -0.503 e. The smallest absolute Gasteiger partial charge is 0.409 e. The van der Waals surface area contributed by atoms with E-state index in [-0.39, 0.29) is 78.0 Å². The van der Waals surface area contributed by atoms with Gasteiger partial charge in [0.2, 0.25) is 17.3 Å². The van der Waals surface area contributed by atoms with E-state index in [9.17, 15) is 44.7 Å². The number of hydrogen-bond donors (Lipinski definition) is 7. The number of nitrogens with one attached hydrogen (secondary N) is 1. The fourth-order valence-electron chi connectivity index (χ4n) is 14.3. The third kappa shape index (κ3) is 12.0. The topological polar surface area (TPSA) is 313 Å². The summed E-state index contributed by atoms with van der Waals surface area (Å²) < 4.78 is 37.8. The van der Waals surface area contributed by atoms with E-state index in [1.54, 1.807) is 30.3 Å². The highest BCUT2D eigenvalue weighted by molar-refractivity contribution is 7.22. The van der Waals surface area contributed by atoms with Crippen molar-refractivity contribution >= 4 is 56.4 Å². The molecule has 4 bridgehead atoms. The van der Waals surface area contributed by atoms with Gasteiger partial charge in [-0.05, 0) is 123 Å². The van der Waals surface area contributed by atoms with Gasteiger partial charge in [-0.1, -0.05) is 49.4 Å². The molecule has 0 saturated heterocycles. The second-order valence-corrected chi connectivity index (χ2v) is 24.7. The minimum atomic E-state index is -1.91. The van der Waals surface area contributed by atoms with E-state index in [0.29, 0.717) is 53.8 Å². The number of aryl methyl sites for hydroxylation is 1. The van der Waals surface area contributed by atoms with E-state index in [4.69, 9.17) is 44.2 Å². The zero-order valence-electron chi connectivity index (χ0n) is 47.6. The molecule has 6 aromatic rings. The molecule has 2 unspecified atom stereocenters. The van der Waals surface area contributed by atoms with Crippen LogP contribution in [0.3, 0.4) is 0 Å². The number of rotatable bonds is 21. The number of nitrogens with zero attached hydrogens (tertiary/aromatic N) is 6. The molecule has 0 spiro atoms. The zero-order chi connectivity index (χ0) is 60.0. The Morgan fingerprint density at radius 1 is 0.871 bits per heavy atom. The van der Waals surface area contributed by atoms with Gasteiger partial charge in [-0.25, -0.2) is 29.1 Å². The molecule has 6 aliphatic rings. The number of carbonyl (C=O) groups is 4. The highest BCUT2D eigenvalue weighted by Crippen LogP contribution is 2.72. The lowest BCUT2D eigenvalue weighted by Gasteiger charge is -2.69. The van der Waals surface area contributed by atoms with Crippen molar-refractivity contribution in [3.8, 4) is 33.9 Å². The van der Waals surface area contributed by atoms with Crippen LogP contribution in [-0.4, -0.2) is 139 Å². The number of para-hydroxylation sites is 1. The molecule has 24 heteroatoms. The van der Waals surface area contributed by atoms with Gasteiger partial charge in [0, 0.05) is 72.9 Å². The maximum atomic E-state index is 13.8. The Balaban J connectivity index is 0.749. The largest absolute Gasteiger partial charge is 0.503 e. The van der Waals surface area contributed by atoms with Gasteiger partial charge in [0.25, 0.3) is 5.76 Å². The van der Waals surface area contributed by atoms with Gasteiger partial charge in [0.1, 0.15) is 24.7 Å². The standard InChI is InChI=1S/C61H68N8O15S/c1-35-41(40-15-16-42(64-47(40)52(73)74)37-12-11-36-8-7-18-68(44(36)24-37)56(77)66-55-65-43-9-5-6-10-46(43)85-55)26-63-69(35)34-60-29-58(2)28-59(3,30-60)32-61(31-58,33-60)82-21-19-67(4)57(78)81-27-38-13-14-39(80-23-22-79-20-17-62)25-45(38)83-54-50(72)48(70)49(71)51(84-54)53(75)76/h5-6,9-16,24-26,54,70-72H,7-8,17-23,27-34,62H2,1-4H3,(H,73,74)(H,75,76)(H,65,66,77)/t54-,58-,59?,60?,61+/m0/s1. The molecule has 3 aromatic carbocycles. The van der Waals surface area contributed by atoms with Crippen molar-refractivity contribution in [2.24, 2.45) is 22.0 Å². The number of amides is 3. The number of nitrogens with two attached hydrogens (primary N) is 1. The van der Waals surface area contributed by atoms with Crippen LogP contribution in [0.25, 0.3) is 32.6 Å². The minimum absolute atomic E-state index is 0.0269. The van der Waals surface area contributed by atoms with Crippen LogP contribution in [0.5, 0.6) is 11.5 Å². The maximum Gasteiger partial charge on any atom is 0.409 e. The predicted octanol–water partition coefficient (Wildman–Crippen LogP) is 9.89. The lowest BCUT2D eigenvalue weighted by Crippen LogP contribution is -2.64. The number of carbonyl (C=O) groups excluding carboxylic acids is 2. The van der Waals surface area contributed by atoms with Crippen LogP contribution in [0.2, 0.25) is 0 Å². The van der Waals surface area contributed by atoms with Gasteiger partial charge in [0.15, 0.2) is 10.8 Å². The molecule has 5 atom stereocenters. The Morgan fingerprint density at radius 3 is 2.41 bits per heavy atom. The first-order valence-corrected chi connectivity index (χ1v) is 29.0. The summed E-state index contributed by atoms with van der Waals surface area (Å²) in [4.78, 5) is 64.7. The molecule has 8 N–H and O–H groups in total. The van der Waals surface area contributed by atoms with Crippen LogP contribution in [0, 0.1) is 23.2 Å². The number of anilines is 2. The molecule has 4 fully saturated rings. The van der Waals surface area contributed by atoms with E-state index in [2.05, 4.69) is 24.1 Å². The summed E-state index contributed by atoms with van der Waals surface area (Å²) in [6, 6.07) is 21.4. The third-order valence-corrected chi connectivity index (χ3v) is 17.7. The number of aliphatic carboxylic acids is 1. The van der Waals surface area contributed by atoms with Crippen molar-refractivity contribution in [2.75, 3.05) is 63.3 Å². The number of likely N-dealkylation sites (N-methyl/N-ethyl adjacent to an activating group) is 1. The second kappa shape index (κ2) is 23.2. The van der Waals surface area contributed by atoms with E-state index >= 15 is 0 Å². The normalized spacial score (nSPS) is 23.2. The molecule has 85 heavy (non-hydrogen) atoms. The Morgan fingerprint density at radius 2 is 1.66 bits per heavy atom. The number of urea groups is 1. The molecule has 4 saturated carbocycles. The third-order valence-electron chi connectivity index (χ3n) is 16.7. The Hall–Kier alpha value is -8.45. The number of benzene rings is 3. The van der Waals surface area contributed by atoms with Crippen molar-refractivity contribution < 1.29 is 73.1 Å². The first-order chi connectivity index (χ1) is 40.6. The van der Waals surface area contributed by atoms with E-state index in [0.717, 1.165) is 78.5 Å². The molecule has 2 aliphatic heterocycles. The first-order valence-electron chi connectivity index (χ1n) is 28.2. The summed E-state index contributed by atoms with van der Waals surface area (Å²) in [5.41, 5.74) is 10.5. The fourth-order valence-corrected chi connectivity index (χ4v) is 15.1. The molecule has 4 aliphatic carbocycles. The highest BCUT2D eigenvalue weighted by Gasteiger charge is 2.66. The first kappa shape index (κ1) is 58.3. The summed E-state index contributed by atoms with van der Waals surface area (Å²) in [6.07, 6.45) is 6.17. The monoisotopic (exact) mass is 1180 g/mol. The zero-order valence-corrected chi connectivity index (χ0v) is 48.4. The SMILES string of the molecule is Cc1c(-c2ccc(-c3ccc4c(c3)N(C(=O)Nc3nc5ccccc5s3)CCC4)nc2C(=O)O)cnn1CC12CC3(C)C[C@@](C)(C1)C[C@@](OCCN(C)C(=O)OCc1ccc(OCCOCCN)cc1O[C@H]1OC(C(=O)O)=C(O)C(O)=C1O)(C3)C2. The number of hydrogen-bond acceptors (Lipinski definition) is 18. The molecule has 5 heterocycles. The fraction of sp³-hybridized carbons (Fsp3) is 0.426. The number of carboxylic acids is 2. The number of aromatic nitrogens is 4. The van der Waals surface area contributed by atoms with Crippen LogP contribution >= 0.6 is 11.3 Å². The Labute approximate surface area is 493 Å². The van der Waals surface area contributed by atoms with Gasteiger partial charge >= 0.3 is 30.4 Å². The van der Waals surface area contributed by atoms with Gasteiger partial charge in [-0.3, -0.25) is 14.9 Å². The molecule has 448 valence electrons. The number of pyridine rings is 1. The molecule has 3 aromatic heterocycles. The van der Waals surface area contributed by atoms with Crippen molar-refractivity contribution in [2.45, 2.75) is 97.2 Å². The Kier molecular flexibility index (Phi) is 15.9. The van der Waals surface area contributed by atoms with E-state index in [1.165, 1.54) is 28.4 Å². The summed E-state index contributed by atoms with van der Waals surface area (Å²) in [5, 5.41) is 59.6. The number of aromatic carboxylic acids is 1. The van der Waals surface area contributed by atoms with Crippen molar-refractivity contribution in [3.05, 3.63) is 125 Å². The molecule has 0 radical (unpaired) electrons. The Bertz CT molecular complexity index is 3620. The molecular weight excluding hydrogens is 1120 g/mol. The maximum absolute atomic E-state index is 13.8. The van der Waals surface area contributed by atoms with Crippen molar-refractivity contribution in [3.63, 3.8) is 0 Å². The van der Waals surface area contributed by atoms with Gasteiger partial charge in [-0.2, -0.15) is 5.10 Å². The van der Waals surface area contributed by atoms with Crippen LogP contribution < -0.4 is 25.4 Å². The lowest BCUT2D eigenvalue weighted by molar-refractivity contribution is -0.248. The number of aliphatic hydroxyl groups excluding tert-OH is 3. The average Bonchev–Trinajstić information content (AvgIpc) is 2.24. The van der Waals surface area contributed by atoms with Crippen molar-refractivity contribution in [1.29, 1.82) is 0 Å². The quantitative estimate of drug-likeness (QED) is 0.0330. The van der Waals surface area contributed by atoms with Crippen LogP contribution in [0.1, 0.15) is 86.1 Å². The molecule has 3 amide bonds. The van der Waals surface area contributed by atoms with Crippen molar-refractivity contribution in [1.82, 2.24) is 24.6 Å². The number of carboxylic acid groups (broad SMARTS) is 2. The van der Waals surface area contributed by atoms with Gasteiger partial charge < -0.3 is 64.6 Å².